The lowest BCUT2D eigenvalue weighted by molar-refractivity contribution is 0.111. The van der Waals surface area contributed by atoms with Crippen LogP contribution in [-0.2, 0) is 9.09 Å². The fourth-order valence-electron chi connectivity index (χ4n) is 1.80. The molecular formula is C17H12Br9O4P. The smallest absolute Gasteiger partial charge is 0.394 e. The topological polar surface area (TPSA) is 44.8 Å². The van der Waals surface area contributed by atoms with Gasteiger partial charge in [-0.3, -0.25) is 0 Å². The third-order valence-corrected chi connectivity index (χ3v) is 16.2. The van der Waals surface area contributed by atoms with Gasteiger partial charge in [0.05, 0.1) is 8.95 Å². The van der Waals surface area contributed by atoms with Crippen molar-refractivity contribution in [2.75, 3.05) is 5.33 Å². The van der Waals surface area contributed by atoms with Gasteiger partial charge in [-0.05, 0) is 152 Å². The SMILES string of the molecule is CC(C)(CBr)C(Br)(Br)OP(=O)(Oc1ccc(Br)c(Br)c1Br)Oc1ccc(Br)c(Br)c1Br. The summed E-state index contributed by atoms with van der Waals surface area (Å²) in [5.41, 5.74) is -0.551. The zero-order valence-electron chi connectivity index (χ0n) is 15.5. The van der Waals surface area contributed by atoms with Crippen LogP contribution in [0.3, 0.4) is 0 Å². The van der Waals surface area contributed by atoms with E-state index >= 15 is 0 Å². The Kier molecular flexibility index (Phi) is 11.3. The average Bonchev–Trinajstić information content (AvgIpc) is 2.68. The summed E-state index contributed by atoms with van der Waals surface area (Å²) in [5, 5.41) is 0.525. The van der Waals surface area contributed by atoms with Gasteiger partial charge in [-0.25, -0.2) is 9.09 Å². The van der Waals surface area contributed by atoms with E-state index in [2.05, 4.69) is 143 Å². The van der Waals surface area contributed by atoms with Crippen LogP contribution >= 0.6 is 151 Å². The van der Waals surface area contributed by atoms with E-state index in [-0.39, 0.29) is 11.5 Å². The molecule has 0 N–H and O–H groups in total. The minimum atomic E-state index is -4.26. The van der Waals surface area contributed by atoms with Gasteiger partial charge in [0.2, 0.25) is 0 Å². The molecular weight excluding hydrogens is 1020 g/mol. The van der Waals surface area contributed by atoms with Crippen LogP contribution in [0.25, 0.3) is 0 Å². The zero-order valence-corrected chi connectivity index (χ0v) is 30.7. The summed E-state index contributed by atoms with van der Waals surface area (Å²) in [5.74, 6) is 0.524. The van der Waals surface area contributed by atoms with Crippen LogP contribution in [0, 0.1) is 5.41 Å². The van der Waals surface area contributed by atoms with E-state index in [9.17, 15) is 4.57 Å². The van der Waals surface area contributed by atoms with Crippen molar-refractivity contribution in [3.8, 4) is 11.5 Å². The van der Waals surface area contributed by atoms with E-state index in [1.807, 2.05) is 13.8 Å². The van der Waals surface area contributed by atoms with Crippen molar-refractivity contribution < 1.29 is 18.1 Å². The fraction of sp³-hybridized carbons (Fsp3) is 0.294. The Labute approximate surface area is 256 Å². The van der Waals surface area contributed by atoms with E-state index in [0.717, 1.165) is 8.95 Å². The van der Waals surface area contributed by atoms with Crippen molar-refractivity contribution in [3.05, 3.63) is 51.1 Å². The molecule has 14 heteroatoms. The molecule has 31 heavy (non-hydrogen) atoms. The van der Waals surface area contributed by atoms with Crippen LogP contribution in [0.5, 0.6) is 11.5 Å². The quantitative estimate of drug-likeness (QED) is 0.150. The lowest BCUT2D eigenvalue weighted by Crippen LogP contribution is -2.37. The van der Waals surface area contributed by atoms with Crippen LogP contribution in [0.15, 0.2) is 51.1 Å². The molecule has 0 saturated heterocycles. The summed E-state index contributed by atoms with van der Waals surface area (Å²) in [6.07, 6.45) is 0. The Morgan fingerprint density at radius 1 is 0.774 bits per heavy atom. The minimum Gasteiger partial charge on any atom is -0.394 e. The molecule has 0 bridgehead atoms. The van der Waals surface area contributed by atoms with Crippen molar-refractivity contribution in [2.45, 2.75) is 17.3 Å². The van der Waals surface area contributed by atoms with Crippen molar-refractivity contribution in [2.24, 2.45) is 5.41 Å². The molecule has 4 nitrogen and oxygen atoms in total. The molecule has 2 aromatic carbocycles. The molecule has 0 atom stereocenters. The maximum atomic E-state index is 14.0. The first-order chi connectivity index (χ1) is 14.1. The highest BCUT2D eigenvalue weighted by molar-refractivity contribution is 9.25. The molecule has 0 radical (unpaired) electrons. The van der Waals surface area contributed by atoms with Gasteiger partial charge in [-0.2, -0.15) is 0 Å². The van der Waals surface area contributed by atoms with Crippen LogP contribution in [0.4, 0.5) is 0 Å². The van der Waals surface area contributed by atoms with Gasteiger partial charge in [0.1, 0.15) is 11.5 Å². The third kappa shape index (κ3) is 7.29. The first-order valence-electron chi connectivity index (χ1n) is 8.05. The predicted molar refractivity (Wildman–Crippen MR) is 157 cm³/mol. The molecule has 0 amide bonds. The van der Waals surface area contributed by atoms with E-state index in [4.69, 9.17) is 13.6 Å². The summed E-state index contributed by atoms with van der Waals surface area (Å²) in [4.78, 5) is 0. The summed E-state index contributed by atoms with van der Waals surface area (Å²) in [6, 6.07) is 6.78. The third-order valence-electron chi connectivity index (χ3n) is 3.77. The van der Waals surface area contributed by atoms with Gasteiger partial charge < -0.3 is 9.05 Å². The Hall–Kier alpha value is 2.55. The molecule has 0 unspecified atom stereocenters. The van der Waals surface area contributed by atoms with Gasteiger partial charge in [-0.15, -0.1) is 0 Å². The zero-order chi connectivity index (χ0) is 23.8. The molecule has 0 fully saturated rings. The normalized spacial score (nSPS) is 12.7. The maximum absolute atomic E-state index is 14.0. The second-order valence-electron chi connectivity index (χ2n) is 6.60. The van der Waals surface area contributed by atoms with Gasteiger partial charge in [0, 0.05) is 28.6 Å². The van der Waals surface area contributed by atoms with Crippen molar-refractivity contribution in [1.29, 1.82) is 0 Å². The second kappa shape index (κ2) is 11.7. The first kappa shape index (κ1) is 29.8. The molecule has 2 rings (SSSR count). The van der Waals surface area contributed by atoms with Crippen molar-refractivity contribution in [3.63, 3.8) is 0 Å². The lowest BCUT2D eigenvalue weighted by Gasteiger charge is -2.37. The molecule has 0 aliphatic rings. The van der Waals surface area contributed by atoms with E-state index in [1.165, 1.54) is 0 Å². The summed E-state index contributed by atoms with van der Waals surface area (Å²) >= 11 is 31.1. The number of alkyl halides is 3. The number of benzene rings is 2. The molecule has 0 heterocycles. The van der Waals surface area contributed by atoms with Gasteiger partial charge in [0.25, 0.3) is 0 Å². The van der Waals surface area contributed by atoms with E-state index < -0.39 is 16.7 Å². The molecule has 0 saturated carbocycles. The second-order valence-corrected chi connectivity index (χ2v) is 16.8. The maximum Gasteiger partial charge on any atom is 0.589 e. The predicted octanol–water partition coefficient (Wildman–Crippen LogP) is 11.7. The summed E-state index contributed by atoms with van der Waals surface area (Å²) in [7, 11) is -4.26. The number of phosphoric acid groups is 1. The van der Waals surface area contributed by atoms with Crippen molar-refractivity contribution in [1.82, 2.24) is 0 Å². The van der Waals surface area contributed by atoms with Crippen LogP contribution in [-0.4, -0.2) is 8.75 Å². The molecule has 0 aliphatic carbocycles. The average molecular weight is 1030 g/mol. The largest absolute Gasteiger partial charge is 0.589 e. The standard InChI is InChI=1S/C17H12Br9O4P/c1-16(2,7-18)17(25,26)30-31(27,28-10-5-3-8(19)12(21)14(10)23)29-11-6-4-9(20)13(22)15(11)24/h3-6H,7H2,1-2H3. The lowest BCUT2D eigenvalue weighted by atomic mass is 9.98. The minimum absolute atomic E-state index is 0.262. The summed E-state index contributed by atoms with van der Waals surface area (Å²) < 4.78 is 34.5. The van der Waals surface area contributed by atoms with Gasteiger partial charge in [-0.1, -0.05) is 29.8 Å². The monoisotopic (exact) mass is 1020 g/mol. The van der Waals surface area contributed by atoms with Crippen molar-refractivity contribution >= 4 is 151 Å². The highest BCUT2D eigenvalue weighted by atomic mass is 79.9. The van der Waals surface area contributed by atoms with E-state index in [0.29, 0.717) is 23.2 Å². The van der Waals surface area contributed by atoms with Crippen LogP contribution < -0.4 is 9.05 Å². The number of halogens is 9. The highest BCUT2D eigenvalue weighted by Gasteiger charge is 2.50. The molecule has 0 aromatic heterocycles. The number of hydrogen-bond donors (Lipinski definition) is 0. The number of phosphoric ester groups is 1. The molecule has 0 aliphatic heterocycles. The van der Waals surface area contributed by atoms with Gasteiger partial charge >= 0.3 is 7.82 Å². The fourth-order valence-corrected chi connectivity index (χ4v) is 8.66. The summed E-state index contributed by atoms with van der Waals surface area (Å²) in [6.45, 7) is 3.82. The Balaban J connectivity index is 2.56. The Morgan fingerprint density at radius 2 is 1.16 bits per heavy atom. The molecule has 0 spiro atoms. The Bertz CT molecular complexity index is 966. The Morgan fingerprint density at radius 3 is 1.52 bits per heavy atom. The van der Waals surface area contributed by atoms with Crippen LogP contribution in [0.2, 0.25) is 0 Å². The highest BCUT2D eigenvalue weighted by Crippen LogP contribution is 2.61. The number of rotatable bonds is 8. The van der Waals surface area contributed by atoms with E-state index in [1.54, 1.807) is 24.3 Å². The molecule has 172 valence electrons. The van der Waals surface area contributed by atoms with Crippen LogP contribution in [0.1, 0.15) is 13.8 Å². The molecule has 2 aromatic rings. The van der Waals surface area contributed by atoms with Gasteiger partial charge in [0.15, 0.2) is 3.42 Å². The number of hydrogen-bond acceptors (Lipinski definition) is 4. The first-order valence-corrected chi connectivity index (χ1v) is 17.0.